The molecule has 2 rings (SSSR count). The van der Waals surface area contributed by atoms with E-state index < -0.39 is 11.7 Å². The van der Waals surface area contributed by atoms with E-state index in [-0.39, 0.29) is 0 Å². The zero-order valence-corrected chi connectivity index (χ0v) is 9.35. The zero-order chi connectivity index (χ0) is 13.4. The number of hydrogen-bond donors (Lipinski definition) is 0. The molecule has 0 spiro atoms. The number of nitriles is 1. The van der Waals surface area contributed by atoms with Crippen LogP contribution >= 0.6 is 0 Å². The zero-order valence-electron chi connectivity index (χ0n) is 9.35. The van der Waals surface area contributed by atoms with E-state index in [0.717, 1.165) is 12.1 Å². The molecule has 0 amide bonds. The molecule has 0 aliphatic heterocycles. The number of rotatable bonds is 0. The molecule has 0 aliphatic rings. The van der Waals surface area contributed by atoms with Crippen LogP contribution in [0.2, 0.25) is 0 Å². The van der Waals surface area contributed by atoms with Crippen molar-refractivity contribution in [2.75, 3.05) is 0 Å². The third kappa shape index (κ3) is 4.71. The molecule has 0 saturated heterocycles. The van der Waals surface area contributed by atoms with Crippen molar-refractivity contribution in [1.29, 1.82) is 5.26 Å². The van der Waals surface area contributed by atoms with Crippen LogP contribution < -0.4 is 0 Å². The minimum Gasteiger partial charge on any atom is -0.192 e. The number of nitrogens with zero attached hydrogens (tertiary/aromatic N) is 1. The van der Waals surface area contributed by atoms with Gasteiger partial charge in [0.05, 0.1) is 17.2 Å². The molecule has 2 aromatic rings. The maximum atomic E-state index is 11.8. The number of halogens is 3. The summed E-state index contributed by atoms with van der Waals surface area (Å²) < 4.78 is 35.4. The Labute approximate surface area is 103 Å². The summed E-state index contributed by atoms with van der Waals surface area (Å²) in [7, 11) is 0. The Morgan fingerprint density at radius 1 is 0.778 bits per heavy atom. The van der Waals surface area contributed by atoms with Crippen LogP contribution in [0.1, 0.15) is 11.1 Å². The van der Waals surface area contributed by atoms with E-state index in [4.69, 9.17) is 5.26 Å². The first-order valence-corrected chi connectivity index (χ1v) is 5.11. The molecule has 4 heteroatoms. The van der Waals surface area contributed by atoms with Crippen molar-refractivity contribution in [2.45, 2.75) is 6.18 Å². The van der Waals surface area contributed by atoms with Gasteiger partial charge in [-0.15, -0.1) is 0 Å². The molecule has 0 fully saturated rings. The molecule has 0 heterocycles. The van der Waals surface area contributed by atoms with Crippen LogP contribution in [0.5, 0.6) is 0 Å². The molecule has 0 radical (unpaired) electrons. The van der Waals surface area contributed by atoms with Crippen LogP contribution in [0.15, 0.2) is 60.7 Å². The third-order valence-electron chi connectivity index (χ3n) is 2.00. The van der Waals surface area contributed by atoms with E-state index in [9.17, 15) is 13.2 Å². The van der Waals surface area contributed by atoms with Crippen LogP contribution in [0.4, 0.5) is 13.2 Å². The summed E-state index contributed by atoms with van der Waals surface area (Å²) in [5.41, 5.74) is 0.113. The number of alkyl halides is 3. The maximum absolute atomic E-state index is 11.8. The van der Waals surface area contributed by atoms with E-state index in [1.807, 2.05) is 24.3 Å². The second kappa shape index (κ2) is 6.45. The van der Waals surface area contributed by atoms with Crippen LogP contribution in [0.3, 0.4) is 0 Å². The van der Waals surface area contributed by atoms with Gasteiger partial charge in [-0.3, -0.25) is 0 Å². The average molecular weight is 249 g/mol. The smallest absolute Gasteiger partial charge is 0.192 e. The molecule has 92 valence electrons. The van der Waals surface area contributed by atoms with E-state index in [1.54, 1.807) is 18.2 Å². The standard InChI is InChI=1S/C7H5F3.C7H5N/c8-7(9,10)6-4-2-1-3-5-6;8-6-7-4-2-1-3-5-7/h1-5H;1-5H. The predicted molar refractivity (Wildman–Crippen MR) is 62.6 cm³/mol. The number of benzene rings is 2. The van der Waals surface area contributed by atoms with Gasteiger partial charge >= 0.3 is 6.18 Å². The molecule has 0 aliphatic carbocycles. The maximum Gasteiger partial charge on any atom is 0.416 e. The van der Waals surface area contributed by atoms with Gasteiger partial charge in [0.2, 0.25) is 0 Å². The summed E-state index contributed by atoms with van der Waals surface area (Å²) in [6, 6.07) is 17.5. The molecular formula is C14H10F3N. The Morgan fingerprint density at radius 3 is 1.50 bits per heavy atom. The molecular weight excluding hydrogens is 239 g/mol. The first kappa shape index (κ1) is 13.8. The molecule has 0 N–H and O–H groups in total. The molecule has 0 bridgehead atoms. The van der Waals surface area contributed by atoms with Crippen molar-refractivity contribution >= 4 is 0 Å². The second-order valence-corrected chi connectivity index (χ2v) is 3.34. The summed E-state index contributed by atoms with van der Waals surface area (Å²) in [4.78, 5) is 0. The van der Waals surface area contributed by atoms with Gasteiger partial charge in [-0.2, -0.15) is 18.4 Å². The van der Waals surface area contributed by atoms with Crippen molar-refractivity contribution in [1.82, 2.24) is 0 Å². The van der Waals surface area contributed by atoms with Crippen LogP contribution in [0.25, 0.3) is 0 Å². The lowest BCUT2D eigenvalue weighted by Crippen LogP contribution is -2.03. The van der Waals surface area contributed by atoms with Gasteiger partial charge in [0.1, 0.15) is 0 Å². The highest BCUT2D eigenvalue weighted by molar-refractivity contribution is 5.27. The molecule has 18 heavy (non-hydrogen) atoms. The van der Waals surface area contributed by atoms with Crippen molar-refractivity contribution in [3.8, 4) is 6.07 Å². The minimum absolute atomic E-state index is 0.602. The highest BCUT2D eigenvalue weighted by atomic mass is 19.4. The molecule has 0 aromatic heterocycles. The van der Waals surface area contributed by atoms with Crippen molar-refractivity contribution in [2.24, 2.45) is 0 Å². The predicted octanol–water partition coefficient (Wildman–Crippen LogP) is 4.26. The fourth-order valence-corrected chi connectivity index (χ4v) is 1.14. The van der Waals surface area contributed by atoms with Crippen molar-refractivity contribution in [3.05, 3.63) is 71.8 Å². The molecule has 2 aromatic carbocycles. The second-order valence-electron chi connectivity index (χ2n) is 3.34. The van der Waals surface area contributed by atoms with Crippen LogP contribution in [-0.4, -0.2) is 0 Å². The summed E-state index contributed by atoms with van der Waals surface area (Å²) in [5, 5.41) is 8.29. The van der Waals surface area contributed by atoms with Gasteiger partial charge < -0.3 is 0 Å². The van der Waals surface area contributed by atoms with Crippen LogP contribution in [0, 0.1) is 11.3 Å². The van der Waals surface area contributed by atoms with Crippen molar-refractivity contribution < 1.29 is 13.2 Å². The van der Waals surface area contributed by atoms with Gasteiger partial charge in [0.15, 0.2) is 0 Å². The average Bonchev–Trinajstić information content (AvgIpc) is 2.40. The molecule has 0 atom stereocenters. The van der Waals surface area contributed by atoms with Gasteiger partial charge in [0, 0.05) is 0 Å². The summed E-state index contributed by atoms with van der Waals surface area (Å²) >= 11 is 0. The normalized spacial score (nSPS) is 9.89. The quantitative estimate of drug-likeness (QED) is 0.684. The monoisotopic (exact) mass is 249 g/mol. The van der Waals surface area contributed by atoms with Crippen LogP contribution in [-0.2, 0) is 6.18 Å². The third-order valence-corrected chi connectivity index (χ3v) is 2.00. The fraction of sp³-hybridized carbons (Fsp3) is 0.0714. The summed E-state index contributed by atoms with van der Waals surface area (Å²) in [6.07, 6.45) is -4.21. The van der Waals surface area contributed by atoms with E-state index in [2.05, 4.69) is 0 Å². The highest BCUT2D eigenvalue weighted by Crippen LogP contribution is 2.28. The first-order valence-electron chi connectivity index (χ1n) is 5.11. The SMILES string of the molecule is FC(F)(F)c1ccccc1.N#Cc1ccccc1. The lowest BCUT2D eigenvalue weighted by atomic mass is 10.2. The van der Waals surface area contributed by atoms with E-state index >= 15 is 0 Å². The fourth-order valence-electron chi connectivity index (χ4n) is 1.14. The molecule has 0 saturated carbocycles. The van der Waals surface area contributed by atoms with E-state index in [0.29, 0.717) is 5.56 Å². The topological polar surface area (TPSA) is 23.8 Å². The minimum atomic E-state index is -4.21. The summed E-state index contributed by atoms with van der Waals surface area (Å²) in [6.45, 7) is 0. The highest BCUT2D eigenvalue weighted by Gasteiger charge is 2.29. The van der Waals surface area contributed by atoms with Gasteiger partial charge in [-0.1, -0.05) is 48.5 Å². The largest absolute Gasteiger partial charge is 0.416 e. The first-order chi connectivity index (χ1) is 8.54. The van der Waals surface area contributed by atoms with Gasteiger partial charge in [-0.25, -0.2) is 0 Å². The van der Waals surface area contributed by atoms with E-state index in [1.165, 1.54) is 12.1 Å². The Balaban J connectivity index is 0.000000184. The Kier molecular flexibility index (Phi) is 4.94. The Hall–Kier alpha value is -2.28. The lowest BCUT2D eigenvalue weighted by Gasteiger charge is -2.03. The lowest BCUT2D eigenvalue weighted by molar-refractivity contribution is -0.137. The van der Waals surface area contributed by atoms with Crippen molar-refractivity contribution in [3.63, 3.8) is 0 Å². The molecule has 0 unspecified atom stereocenters. The molecule has 1 nitrogen and oxygen atoms in total. The van der Waals surface area contributed by atoms with Gasteiger partial charge in [0.25, 0.3) is 0 Å². The summed E-state index contributed by atoms with van der Waals surface area (Å²) in [5.74, 6) is 0. The Bertz CT molecular complexity index is 498. The van der Waals surface area contributed by atoms with Gasteiger partial charge in [-0.05, 0) is 12.1 Å². The Morgan fingerprint density at radius 2 is 1.22 bits per heavy atom. The number of hydrogen-bond acceptors (Lipinski definition) is 1.